The lowest BCUT2D eigenvalue weighted by atomic mass is 10.2. The van der Waals surface area contributed by atoms with E-state index >= 15 is 0 Å². The van der Waals surface area contributed by atoms with Crippen LogP contribution in [0.4, 0.5) is 5.69 Å². The summed E-state index contributed by atoms with van der Waals surface area (Å²) in [7, 11) is 0. The number of amides is 2. The number of hydrogen-bond acceptors (Lipinski definition) is 3. The molecule has 0 aromatic heterocycles. The van der Waals surface area contributed by atoms with Gasteiger partial charge in [0.15, 0.2) is 0 Å². The van der Waals surface area contributed by atoms with Gasteiger partial charge in [0.1, 0.15) is 5.71 Å². The Kier molecular flexibility index (Phi) is 3.10. The van der Waals surface area contributed by atoms with Crippen LogP contribution < -0.4 is 10.7 Å². The van der Waals surface area contributed by atoms with Crippen LogP contribution in [0.1, 0.15) is 12.0 Å². The third-order valence-corrected chi connectivity index (χ3v) is 2.83. The van der Waals surface area contributed by atoms with E-state index in [-0.39, 0.29) is 18.0 Å². The molecule has 2 N–H and O–H groups in total. The molecule has 0 saturated heterocycles. The first-order valence-electron chi connectivity index (χ1n) is 5.00. The topological polar surface area (TPSA) is 70.6 Å². The minimum Gasteiger partial charge on any atom is -0.321 e. The average molecular weight is 252 g/mol. The number of halogens is 1. The SMILES string of the molecule is Cc1c(Cl)cccc1NC(=O)C1=NNC(=O)C1. The van der Waals surface area contributed by atoms with Crippen molar-refractivity contribution >= 4 is 34.8 Å². The normalized spacial score (nSPS) is 14.2. The van der Waals surface area contributed by atoms with Crippen molar-refractivity contribution in [3.8, 4) is 0 Å². The molecule has 0 unspecified atom stereocenters. The van der Waals surface area contributed by atoms with E-state index in [4.69, 9.17) is 11.6 Å². The molecule has 0 saturated carbocycles. The molecule has 0 radical (unpaired) electrons. The summed E-state index contributed by atoms with van der Waals surface area (Å²) in [6, 6.07) is 5.22. The third kappa shape index (κ3) is 2.45. The Labute approximate surface area is 103 Å². The van der Waals surface area contributed by atoms with Crippen LogP contribution in [-0.4, -0.2) is 17.5 Å². The van der Waals surface area contributed by atoms with E-state index in [0.717, 1.165) is 5.56 Å². The van der Waals surface area contributed by atoms with Crippen LogP contribution >= 0.6 is 11.6 Å². The number of carbonyl (C=O) groups is 2. The monoisotopic (exact) mass is 251 g/mol. The smallest absolute Gasteiger partial charge is 0.272 e. The molecule has 1 aliphatic rings. The van der Waals surface area contributed by atoms with Gasteiger partial charge in [0, 0.05) is 10.7 Å². The lowest BCUT2D eigenvalue weighted by molar-refractivity contribution is -0.119. The van der Waals surface area contributed by atoms with Gasteiger partial charge in [-0.3, -0.25) is 9.59 Å². The number of hydrogen-bond donors (Lipinski definition) is 2. The predicted molar refractivity (Wildman–Crippen MR) is 65.0 cm³/mol. The second-order valence-corrected chi connectivity index (χ2v) is 4.04. The molecule has 17 heavy (non-hydrogen) atoms. The Morgan fingerprint density at radius 1 is 1.53 bits per heavy atom. The average Bonchev–Trinajstić information content (AvgIpc) is 2.72. The van der Waals surface area contributed by atoms with Crippen molar-refractivity contribution in [2.75, 3.05) is 5.32 Å². The summed E-state index contributed by atoms with van der Waals surface area (Å²) in [4.78, 5) is 22.7. The number of nitrogens with one attached hydrogen (secondary N) is 2. The zero-order valence-corrected chi connectivity index (χ0v) is 9.84. The largest absolute Gasteiger partial charge is 0.321 e. The van der Waals surface area contributed by atoms with E-state index in [1.54, 1.807) is 25.1 Å². The van der Waals surface area contributed by atoms with Crippen LogP contribution in [0.25, 0.3) is 0 Å². The summed E-state index contributed by atoms with van der Waals surface area (Å²) < 4.78 is 0. The van der Waals surface area contributed by atoms with Crippen molar-refractivity contribution in [3.05, 3.63) is 28.8 Å². The van der Waals surface area contributed by atoms with Crippen molar-refractivity contribution in [1.82, 2.24) is 5.43 Å². The minimum atomic E-state index is -0.395. The molecule has 2 amide bonds. The second-order valence-electron chi connectivity index (χ2n) is 3.64. The third-order valence-electron chi connectivity index (χ3n) is 2.42. The van der Waals surface area contributed by atoms with Gasteiger partial charge >= 0.3 is 0 Å². The van der Waals surface area contributed by atoms with Gasteiger partial charge in [-0.1, -0.05) is 17.7 Å². The molecule has 1 aliphatic heterocycles. The maximum Gasteiger partial charge on any atom is 0.272 e. The summed E-state index contributed by atoms with van der Waals surface area (Å²) in [6.07, 6.45) is 0.00540. The number of nitrogens with zero attached hydrogens (tertiary/aromatic N) is 1. The second kappa shape index (κ2) is 4.55. The maximum atomic E-state index is 11.7. The first kappa shape index (κ1) is 11.6. The van der Waals surface area contributed by atoms with Crippen LogP contribution in [0.15, 0.2) is 23.3 Å². The van der Waals surface area contributed by atoms with Crippen molar-refractivity contribution in [3.63, 3.8) is 0 Å². The Hall–Kier alpha value is -1.88. The van der Waals surface area contributed by atoms with Crippen molar-refractivity contribution in [2.45, 2.75) is 13.3 Å². The number of anilines is 1. The number of carbonyl (C=O) groups excluding carboxylic acids is 2. The van der Waals surface area contributed by atoms with E-state index in [1.165, 1.54) is 0 Å². The van der Waals surface area contributed by atoms with Gasteiger partial charge in [-0.2, -0.15) is 5.10 Å². The van der Waals surface area contributed by atoms with Gasteiger partial charge in [-0.15, -0.1) is 0 Å². The van der Waals surface area contributed by atoms with Crippen LogP contribution in [0.3, 0.4) is 0 Å². The molecule has 0 fully saturated rings. The van der Waals surface area contributed by atoms with E-state index in [1.807, 2.05) is 0 Å². The highest BCUT2D eigenvalue weighted by Gasteiger charge is 2.21. The Balaban J connectivity index is 2.14. The van der Waals surface area contributed by atoms with E-state index in [9.17, 15) is 9.59 Å². The molecule has 1 heterocycles. The van der Waals surface area contributed by atoms with Crippen molar-refractivity contribution < 1.29 is 9.59 Å². The van der Waals surface area contributed by atoms with Gasteiger partial charge in [-0.05, 0) is 24.6 Å². The lowest BCUT2D eigenvalue weighted by Gasteiger charge is -2.08. The summed E-state index contributed by atoms with van der Waals surface area (Å²) in [5.74, 6) is -0.674. The van der Waals surface area contributed by atoms with Crippen LogP contribution in [0, 0.1) is 6.92 Å². The van der Waals surface area contributed by atoms with Crippen LogP contribution in [0.5, 0.6) is 0 Å². The van der Waals surface area contributed by atoms with Crippen molar-refractivity contribution in [1.29, 1.82) is 0 Å². The van der Waals surface area contributed by atoms with Gasteiger partial charge in [0.2, 0.25) is 5.91 Å². The molecular formula is C11H10ClN3O2. The van der Waals surface area contributed by atoms with Crippen molar-refractivity contribution in [2.24, 2.45) is 5.10 Å². The van der Waals surface area contributed by atoms with Crippen LogP contribution in [-0.2, 0) is 9.59 Å². The Morgan fingerprint density at radius 2 is 2.29 bits per heavy atom. The zero-order valence-electron chi connectivity index (χ0n) is 9.08. The molecule has 0 spiro atoms. The van der Waals surface area contributed by atoms with Gasteiger partial charge < -0.3 is 5.32 Å². The first-order valence-corrected chi connectivity index (χ1v) is 5.37. The molecule has 0 atom stereocenters. The lowest BCUT2D eigenvalue weighted by Crippen LogP contribution is -2.22. The number of rotatable bonds is 2. The highest BCUT2D eigenvalue weighted by atomic mass is 35.5. The minimum absolute atomic E-state index is 0.00540. The predicted octanol–water partition coefficient (Wildman–Crippen LogP) is 1.46. The Morgan fingerprint density at radius 3 is 2.94 bits per heavy atom. The number of benzene rings is 1. The van der Waals surface area contributed by atoms with E-state index < -0.39 is 5.91 Å². The molecule has 6 heteroatoms. The quantitative estimate of drug-likeness (QED) is 0.835. The summed E-state index contributed by atoms with van der Waals surface area (Å²) in [5, 5.41) is 6.88. The number of hydrazone groups is 1. The molecule has 2 rings (SSSR count). The molecule has 0 bridgehead atoms. The first-order chi connectivity index (χ1) is 8.08. The molecule has 0 aliphatic carbocycles. The molecule has 1 aromatic carbocycles. The fourth-order valence-electron chi connectivity index (χ4n) is 1.43. The molecular weight excluding hydrogens is 242 g/mol. The maximum absolute atomic E-state index is 11.7. The summed E-state index contributed by atoms with van der Waals surface area (Å²) >= 11 is 5.93. The summed E-state index contributed by atoms with van der Waals surface area (Å²) in [5.41, 5.74) is 3.79. The van der Waals surface area contributed by atoms with Crippen LogP contribution in [0.2, 0.25) is 5.02 Å². The van der Waals surface area contributed by atoms with Gasteiger partial charge in [0.05, 0.1) is 6.42 Å². The standard InChI is InChI=1S/C11H10ClN3O2/c1-6-7(12)3-2-4-8(6)13-11(17)9-5-10(16)15-14-9/h2-4H,5H2,1H3,(H,13,17)(H,15,16). The Bertz CT molecular complexity index is 525. The fraction of sp³-hybridized carbons (Fsp3) is 0.182. The summed E-state index contributed by atoms with van der Waals surface area (Å²) in [6.45, 7) is 1.80. The molecule has 88 valence electrons. The van der Waals surface area contributed by atoms with E-state index in [2.05, 4.69) is 15.8 Å². The molecule has 1 aromatic rings. The highest BCUT2D eigenvalue weighted by molar-refractivity contribution is 6.46. The highest BCUT2D eigenvalue weighted by Crippen LogP contribution is 2.22. The van der Waals surface area contributed by atoms with E-state index in [0.29, 0.717) is 10.7 Å². The van der Waals surface area contributed by atoms with Gasteiger partial charge in [0.25, 0.3) is 5.91 Å². The fourth-order valence-corrected chi connectivity index (χ4v) is 1.60. The molecule has 5 nitrogen and oxygen atoms in total. The zero-order chi connectivity index (χ0) is 12.4. The van der Waals surface area contributed by atoms with Gasteiger partial charge in [-0.25, -0.2) is 5.43 Å².